The van der Waals surface area contributed by atoms with Crippen molar-refractivity contribution in [3.8, 4) is 11.5 Å². The normalized spacial score (nSPS) is 18.0. The van der Waals surface area contributed by atoms with E-state index in [1.807, 2.05) is 12.1 Å². The minimum Gasteiger partial charge on any atom is -0.493 e. The third kappa shape index (κ3) is 5.07. The highest BCUT2D eigenvalue weighted by Crippen LogP contribution is 2.35. The molecular formula is C19H27N3O5P+. The fraction of sp³-hybridized carbons (Fsp3) is 0.579. The molecule has 2 unspecified atom stereocenters. The SMILES string of the molecule is COc1cc2ncnc(N3CCCC(CCCO[P+](=O)O)CC3)c2cc1OC. The number of benzene rings is 1. The van der Waals surface area contributed by atoms with Crippen molar-refractivity contribution in [3.63, 3.8) is 0 Å². The van der Waals surface area contributed by atoms with Gasteiger partial charge in [-0.3, -0.25) is 0 Å². The van der Waals surface area contributed by atoms with Crippen LogP contribution < -0.4 is 14.4 Å². The summed E-state index contributed by atoms with van der Waals surface area (Å²) in [6.07, 6.45) is 6.69. The second-order valence-corrected chi connectivity index (χ2v) is 7.65. The molecule has 2 aromatic rings. The van der Waals surface area contributed by atoms with Crippen LogP contribution in [0, 0.1) is 5.92 Å². The molecule has 1 aliphatic heterocycles. The van der Waals surface area contributed by atoms with Crippen LogP contribution in [0.4, 0.5) is 5.82 Å². The molecule has 9 heteroatoms. The van der Waals surface area contributed by atoms with Crippen molar-refractivity contribution < 1.29 is 23.5 Å². The van der Waals surface area contributed by atoms with E-state index in [4.69, 9.17) is 18.9 Å². The predicted octanol–water partition coefficient (Wildman–Crippen LogP) is 3.70. The standard InChI is InChI=1S/C19H26N3O5P/c1-25-17-11-15-16(12-18(17)26-2)20-13-21-19(15)22-8-3-5-14(7-9-22)6-4-10-27-28(23)24/h11-14H,3-10H2,1-2H3/p+1. The monoisotopic (exact) mass is 408 g/mol. The van der Waals surface area contributed by atoms with Crippen LogP contribution in [0.25, 0.3) is 10.9 Å². The molecule has 0 spiro atoms. The van der Waals surface area contributed by atoms with Crippen molar-refractivity contribution in [1.82, 2.24) is 9.97 Å². The number of nitrogens with zero attached hydrogens (tertiary/aromatic N) is 3. The zero-order valence-corrected chi connectivity index (χ0v) is 17.2. The van der Waals surface area contributed by atoms with E-state index in [1.54, 1.807) is 20.5 Å². The summed E-state index contributed by atoms with van der Waals surface area (Å²) in [5.41, 5.74) is 0.832. The lowest BCUT2D eigenvalue weighted by molar-refractivity contribution is 0.262. The van der Waals surface area contributed by atoms with Crippen molar-refractivity contribution in [2.45, 2.75) is 32.1 Å². The van der Waals surface area contributed by atoms with Crippen LogP contribution in [0.5, 0.6) is 11.5 Å². The average Bonchev–Trinajstić information content (AvgIpc) is 2.95. The molecule has 28 heavy (non-hydrogen) atoms. The van der Waals surface area contributed by atoms with Crippen molar-refractivity contribution in [3.05, 3.63) is 18.5 Å². The number of ether oxygens (including phenoxy) is 2. The highest BCUT2D eigenvalue weighted by atomic mass is 31.1. The molecule has 1 aliphatic rings. The summed E-state index contributed by atoms with van der Waals surface area (Å²) in [7, 11) is 0.752. The maximum atomic E-state index is 10.6. The number of aromatic nitrogens is 2. The van der Waals surface area contributed by atoms with Gasteiger partial charge < -0.3 is 14.4 Å². The molecule has 2 heterocycles. The number of hydrogen-bond acceptors (Lipinski definition) is 7. The average molecular weight is 408 g/mol. The van der Waals surface area contributed by atoms with Crippen LogP contribution in [0.3, 0.4) is 0 Å². The van der Waals surface area contributed by atoms with E-state index in [0.717, 1.165) is 61.9 Å². The van der Waals surface area contributed by atoms with E-state index in [-0.39, 0.29) is 0 Å². The molecule has 2 atom stereocenters. The van der Waals surface area contributed by atoms with Gasteiger partial charge in [0.2, 0.25) is 0 Å². The van der Waals surface area contributed by atoms with E-state index >= 15 is 0 Å². The van der Waals surface area contributed by atoms with E-state index < -0.39 is 8.25 Å². The summed E-state index contributed by atoms with van der Waals surface area (Å²) in [5, 5.41) is 0.957. The third-order valence-electron chi connectivity index (χ3n) is 5.23. The first-order valence-corrected chi connectivity index (χ1v) is 10.7. The molecule has 0 amide bonds. The van der Waals surface area contributed by atoms with Gasteiger partial charge >= 0.3 is 8.25 Å². The zero-order valence-electron chi connectivity index (χ0n) is 16.3. The van der Waals surface area contributed by atoms with Gasteiger partial charge in [-0.2, -0.15) is 0 Å². The van der Waals surface area contributed by atoms with Crippen molar-refractivity contribution in [2.75, 3.05) is 38.8 Å². The summed E-state index contributed by atoms with van der Waals surface area (Å²) in [6.45, 7) is 2.19. The second kappa shape index (κ2) is 9.96. The van der Waals surface area contributed by atoms with Gasteiger partial charge in [0, 0.05) is 29.1 Å². The van der Waals surface area contributed by atoms with Gasteiger partial charge in [0.1, 0.15) is 18.8 Å². The number of methoxy groups -OCH3 is 2. The molecule has 1 aromatic heterocycles. The number of anilines is 1. The Labute approximate surface area is 165 Å². The van der Waals surface area contributed by atoms with Gasteiger partial charge in [-0.1, -0.05) is 0 Å². The number of hydrogen-bond donors (Lipinski definition) is 1. The second-order valence-electron chi connectivity index (χ2n) is 6.92. The molecule has 1 aromatic carbocycles. The molecule has 0 bridgehead atoms. The smallest absolute Gasteiger partial charge is 0.493 e. The quantitative estimate of drug-likeness (QED) is 0.522. The Balaban J connectivity index is 1.71. The summed E-state index contributed by atoms with van der Waals surface area (Å²) < 4.78 is 26.2. The Hall–Kier alpha value is -2.02. The van der Waals surface area contributed by atoms with E-state index in [1.165, 1.54) is 0 Å². The van der Waals surface area contributed by atoms with Gasteiger partial charge in [-0.15, -0.1) is 9.42 Å². The minimum atomic E-state index is -2.49. The van der Waals surface area contributed by atoms with Crippen molar-refractivity contribution in [1.29, 1.82) is 0 Å². The Morgan fingerprint density at radius 2 is 1.96 bits per heavy atom. The fourth-order valence-corrected chi connectivity index (χ4v) is 4.09. The van der Waals surface area contributed by atoms with Crippen molar-refractivity contribution >= 4 is 25.0 Å². The van der Waals surface area contributed by atoms with Crippen molar-refractivity contribution in [2.24, 2.45) is 5.92 Å². The highest BCUT2D eigenvalue weighted by molar-refractivity contribution is 7.32. The lowest BCUT2D eigenvalue weighted by atomic mass is 9.95. The van der Waals surface area contributed by atoms with Crippen LogP contribution in [0.2, 0.25) is 0 Å². The first-order valence-electron chi connectivity index (χ1n) is 9.53. The summed E-state index contributed by atoms with van der Waals surface area (Å²) in [4.78, 5) is 20.0. The lowest BCUT2D eigenvalue weighted by Gasteiger charge is -2.23. The fourth-order valence-electron chi connectivity index (χ4n) is 3.80. The maximum Gasteiger partial charge on any atom is 0.694 e. The van der Waals surface area contributed by atoms with Crippen LogP contribution >= 0.6 is 8.25 Å². The largest absolute Gasteiger partial charge is 0.694 e. The van der Waals surface area contributed by atoms with Crippen LogP contribution in [0.1, 0.15) is 32.1 Å². The molecule has 1 fully saturated rings. The molecule has 0 saturated carbocycles. The molecule has 1 saturated heterocycles. The summed E-state index contributed by atoms with van der Waals surface area (Å²) in [6, 6.07) is 3.82. The van der Waals surface area contributed by atoms with E-state index in [2.05, 4.69) is 14.9 Å². The first kappa shape index (κ1) is 20.7. The van der Waals surface area contributed by atoms with Crippen LogP contribution in [-0.4, -0.2) is 48.8 Å². The van der Waals surface area contributed by atoms with Gasteiger partial charge in [0.25, 0.3) is 0 Å². The summed E-state index contributed by atoms with van der Waals surface area (Å²) >= 11 is 0. The Bertz CT molecular complexity index is 820. The molecule has 152 valence electrons. The zero-order chi connectivity index (χ0) is 19.9. The molecule has 0 aliphatic carbocycles. The highest BCUT2D eigenvalue weighted by Gasteiger charge is 2.21. The molecule has 8 nitrogen and oxygen atoms in total. The molecule has 0 radical (unpaired) electrons. The first-order chi connectivity index (χ1) is 13.6. The Morgan fingerprint density at radius 3 is 2.71 bits per heavy atom. The Kier molecular flexibility index (Phi) is 7.36. The van der Waals surface area contributed by atoms with Gasteiger partial charge in [0.15, 0.2) is 11.5 Å². The van der Waals surface area contributed by atoms with E-state index in [0.29, 0.717) is 24.0 Å². The minimum absolute atomic E-state index is 0.337. The van der Waals surface area contributed by atoms with Crippen LogP contribution in [-0.2, 0) is 9.09 Å². The third-order valence-corrected chi connectivity index (χ3v) is 5.63. The maximum absolute atomic E-state index is 10.6. The molecule has 1 N–H and O–H groups in total. The molecular weight excluding hydrogens is 381 g/mol. The topological polar surface area (TPSA) is 94.0 Å². The molecule has 3 rings (SSSR count). The number of fused-ring (bicyclic) bond motifs is 1. The number of rotatable bonds is 8. The Morgan fingerprint density at radius 1 is 1.18 bits per heavy atom. The lowest BCUT2D eigenvalue weighted by Crippen LogP contribution is -2.25. The van der Waals surface area contributed by atoms with Crippen LogP contribution in [0.15, 0.2) is 18.5 Å². The van der Waals surface area contributed by atoms with E-state index in [9.17, 15) is 4.57 Å². The van der Waals surface area contributed by atoms with Gasteiger partial charge in [-0.05, 0) is 44.1 Å². The van der Waals surface area contributed by atoms with Gasteiger partial charge in [0.05, 0.1) is 19.7 Å². The van der Waals surface area contributed by atoms with Gasteiger partial charge in [-0.25, -0.2) is 9.97 Å². The summed E-state index contributed by atoms with van der Waals surface area (Å²) in [5.74, 6) is 2.84. The predicted molar refractivity (Wildman–Crippen MR) is 107 cm³/mol.